The second-order valence-electron chi connectivity index (χ2n) is 18.3. The molecule has 4 heterocycles. The number of imidazole rings is 1. The summed E-state index contributed by atoms with van der Waals surface area (Å²) >= 11 is -1.86. The molecule has 317 valence electrons. The number of rotatable bonds is 9. The first kappa shape index (κ1) is 44.9. The van der Waals surface area contributed by atoms with Gasteiger partial charge in [0.1, 0.15) is 5.58 Å². The molecule has 0 aliphatic heterocycles. The summed E-state index contributed by atoms with van der Waals surface area (Å²) in [5.74, 6) is 9.34. The van der Waals surface area contributed by atoms with Crippen molar-refractivity contribution < 1.29 is 24.5 Å². The maximum Gasteiger partial charge on any atom is 0.168 e. The number of hydrogen-bond donors (Lipinski definition) is 0. The van der Waals surface area contributed by atoms with E-state index in [0.29, 0.717) is 5.92 Å². The topological polar surface area (TPSA) is 56.7 Å². The third kappa shape index (κ3) is 9.02. The number of benzene rings is 5. The number of pyridine rings is 2. The van der Waals surface area contributed by atoms with Crippen molar-refractivity contribution in [2.75, 3.05) is 0 Å². The molecule has 0 aliphatic carbocycles. The molecule has 0 amide bonds. The minimum absolute atomic E-state index is 0. The zero-order valence-electron chi connectivity index (χ0n) is 37.6. The van der Waals surface area contributed by atoms with E-state index in [1.165, 1.54) is 33.5 Å². The molecule has 4 aromatic heterocycles. The molecule has 62 heavy (non-hydrogen) atoms. The van der Waals surface area contributed by atoms with Crippen LogP contribution in [0.2, 0.25) is 17.3 Å². The molecule has 0 unspecified atom stereocenters. The molecule has 0 aliphatic rings. The average Bonchev–Trinajstić information content (AvgIpc) is 3.83. The van der Waals surface area contributed by atoms with E-state index in [1.807, 2.05) is 48.7 Å². The summed E-state index contributed by atoms with van der Waals surface area (Å²) in [7, 11) is 0. The summed E-state index contributed by atoms with van der Waals surface area (Å²) in [6.07, 6.45) is 5.11. The smallest absolute Gasteiger partial charge is 0.168 e. The van der Waals surface area contributed by atoms with Crippen LogP contribution >= 0.6 is 0 Å². The Hall–Kier alpha value is -5.14. The number of fused-ring (bicyclic) bond motifs is 4. The van der Waals surface area contributed by atoms with Crippen LogP contribution in [0.1, 0.15) is 75.6 Å². The summed E-state index contributed by atoms with van der Waals surface area (Å²) in [6, 6.07) is 46.8. The van der Waals surface area contributed by atoms with Crippen LogP contribution in [0.5, 0.6) is 0 Å². The Labute approximate surface area is 383 Å². The van der Waals surface area contributed by atoms with Crippen LogP contribution in [0.4, 0.5) is 0 Å². The molecule has 9 aromatic rings. The van der Waals surface area contributed by atoms with Crippen molar-refractivity contribution in [1.82, 2.24) is 19.5 Å². The Kier molecular flexibility index (Phi) is 13.5. The van der Waals surface area contributed by atoms with Crippen LogP contribution in [-0.2, 0) is 26.5 Å². The van der Waals surface area contributed by atoms with E-state index in [1.54, 1.807) is 4.40 Å². The van der Waals surface area contributed by atoms with Gasteiger partial charge in [-0.25, -0.2) is 4.98 Å². The van der Waals surface area contributed by atoms with Crippen LogP contribution in [0, 0.1) is 25.0 Å². The van der Waals surface area contributed by atoms with Gasteiger partial charge in [-0.3, -0.25) is 4.98 Å². The fourth-order valence-electron chi connectivity index (χ4n) is 8.49. The third-order valence-electron chi connectivity index (χ3n) is 11.5. The number of nitrogens with zero attached hydrogens (tertiary/aromatic N) is 4. The average molecular weight is 1050 g/mol. The van der Waals surface area contributed by atoms with Gasteiger partial charge in [0.2, 0.25) is 0 Å². The molecule has 7 heteroatoms. The zero-order valence-corrected chi connectivity index (χ0v) is 42.1. The van der Waals surface area contributed by atoms with E-state index >= 15 is 0 Å². The first-order valence-electron chi connectivity index (χ1n) is 21.7. The Balaban J connectivity index is 0.000000233. The molecule has 5 aromatic carbocycles. The van der Waals surface area contributed by atoms with Crippen LogP contribution in [0.15, 0.2) is 132 Å². The first-order chi connectivity index (χ1) is 29.3. The second-order valence-corrected chi connectivity index (χ2v) is 28.9. The zero-order chi connectivity index (χ0) is 43.0. The quantitative estimate of drug-likeness (QED) is 0.107. The van der Waals surface area contributed by atoms with Crippen molar-refractivity contribution >= 4 is 50.8 Å². The second kappa shape index (κ2) is 18.7. The normalized spacial score (nSPS) is 11.8. The van der Waals surface area contributed by atoms with Gasteiger partial charge in [0.15, 0.2) is 5.65 Å². The van der Waals surface area contributed by atoms with Crippen LogP contribution in [-0.4, -0.2) is 32.8 Å². The minimum atomic E-state index is -1.86. The molecule has 0 N–H and O–H groups in total. The number of para-hydroxylation sites is 1. The maximum absolute atomic E-state index is 6.48. The van der Waals surface area contributed by atoms with Crippen molar-refractivity contribution in [3.63, 3.8) is 0 Å². The Bertz CT molecular complexity index is 2950. The minimum Gasteiger partial charge on any atom is -0.501 e. The summed E-state index contributed by atoms with van der Waals surface area (Å²) in [5.41, 5.74) is 15.2. The van der Waals surface area contributed by atoms with E-state index in [9.17, 15) is 0 Å². The van der Waals surface area contributed by atoms with Gasteiger partial charge in [0.05, 0.1) is 16.9 Å². The van der Waals surface area contributed by atoms with Crippen molar-refractivity contribution in [2.24, 2.45) is 5.92 Å². The van der Waals surface area contributed by atoms with Gasteiger partial charge in [0, 0.05) is 37.4 Å². The fourth-order valence-corrected chi connectivity index (χ4v) is 11.8. The Morgan fingerprint density at radius 1 is 0.710 bits per heavy atom. The number of hydrogen-bond acceptors (Lipinski definition) is 4. The Morgan fingerprint density at radius 3 is 2.06 bits per heavy atom. The van der Waals surface area contributed by atoms with E-state index in [-0.39, 0.29) is 31.9 Å². The molecule has 0 spiro atoms. The summed E-state index contributed by atoms with van der Waals surface area (Å²) in [5, 5.41) is 2.15. The third-order valence-corrected chi connectivity index (χ3v) is 15.8. The maximum atomic E-state index is 6.48. The van der Waals surface area contributed by atoms with E-state index < -0.39 is 13.3 Å². The van der Waals surface area contributed by atoms with Crippen LogP contribution < -0.4 is 4.40 Å². The van der Waals surface area contributed by atoms with Crippen molar-refractivity contribution in [2.45, 2.75) is 84.0 Å². The molecular formula is C55H56GeIrN4O-2. The van der Waals surface area contributed by atoms with Gasteiger partial charge in [-0.15, -0.1) is 18.2 Å². The van der Waals surface area contributed by atoms with Crippen molar-refractivity contribution in [1.29, 1.82) is 0 Å². The number of aromatic nitrogens is 4. The van der Waals surface area contributed by atoms with Crippen molar-refractivity contribution in [3.8, 4) is 39.5 Å². The van der Waals surface area contributed by atoms with Gasteiger partial charge in [-0.2, -0.15) is 0 Å². The SMILES string of the molecule is CC(C)Cc1cc(-c2[c-]cccc2)nc[c]1[Ge]([CH3])([CH3])[CH3].Cc1ccnc2nc(-c3[c-]ccc4c3oc3ccccc34)n(-c3c(C(C)C)cc(-c4ccccc4)cc3C(C)C)c12.[Ir]. The summed E-state index contributed by atoms with van der Waals surface area (Å²) < 4.78 is 10.4. The molecule has 0 saturated carbocycles. The molecule has 0 atom stereocenters. The van der Waals surface area contributed by atoms with Gasteiger partial charge in [-0.05, 0) is 70.8 Å². The summed E-state index contributed by atoms with van der Waals surface area (Å²) in [6.45, 7) is 15.8. The molecule has 5 nitrogen and oxygen atoms in total. The van der Waals surface area contributed by atoms with E-state index in [4.69, 9.17) is 19.4 Å². The molecular weight excluding hydrogens is 997 g/mol. The molecule has 0 bridgehead atoms. The summed E-state index contributed by atoms with van der Waals surface area (Å²) in [4.78, 5) is 14.6. The number of furan rings is 1. The van der Waals surface area contributed by atoms with Gasteiger partial charge < -0.3 is 8.98 Å². The van der Waals surface area contributed by atoms with Crippen molar-refractivity contribution in [3.05, 3.63) is 162 Å². The van der Waals surface area contributed by atoms with E-state index in [0.717, 1.165) is 67.7 Å². The molecule has 0 saturated heterocycles. The first-order valence-corrected chi connectivity index (χ1v) is 29.0. The molecule has 0 fully saturated rings. The van der Waals surface area contributed by atoms with Crippen LogP contribution in [0.3, 0.4) is 0 Å². The molecule has 1 radical (unpaired) electrons. The monoisotopic (exact) mass is 1060 g/mol. The van der Waals surface area contributed by atoms with Gasteiger partial charge in [-0.1, -0.05) is 87.2 Å². The largest absolute Gasteiger partial charge is 0.501 e. The van der Waals surface area contributed by atoms with Gasteiger partial charge in [0.25, 0.3) is 0 Å². The molecule has 9 rings (SSSR count). The van der Waals surface area contributed by atoms with E-state index in [2.05, 4.69) is 161 Å². The standard InChI is InChI=1S/C37H32N3O.C18H24GeN.Ir/c1-22(2)30-20-26(25-12-7-6-8-13-25)21-31(23(3)4)34(30)40-33-24(5)18-19-38-36(33)39-37(40)29-16-11-15-28-27-14-9-10-17-32(27)41-35(28)29;1-14(2)11-16-12-18(15-9-7-6-8-10-15)20-13-17(16)19(3,4)5;/h6-15,17-23H,1-5H3;6-9,12-14H,11H2,1-5H3;/q2*-1;. The Morgan fingerprint density at radius 2 is 1.40 bits per heavy atom. The predicted molar refractivity (Wildman–Crippen MR) is 259 cm³/mol. The number of aryl methyl sites for hydroxylation is 1. The fraction of sp³-hybridized carbons (Fsp3) is 0.255. The predicted octanol–water partition coefficient (Wildman–Crippen LogP) is 14.3. The van der Waals surface area contributed by atoms with Crippen LogP contribution in [0.25, 0.3) is 72.6 Å². The van der Waals surface area contributed by atoms with Gasteiger partial charge >= 0.3 is 126 Å².